The number of rotatable bonds is 8. The van der Waals surface area contributed by atoms with E-state index < -0.39 is 5.41 Å². The number of nitrogens with zero attached hydrogens (tertiary/aromatic N) is 3. The van der Waals surface area contributed by atoms with Gasteiger partial charge in [-0.2, -0.15) is 0 Å². The summed E-state index contributed by atoms with van der Waals surface area (Å²) in [5.74, 6) is 1.74. The Balaban J connectivity index is 0.881. The maximum atomic E-state index is 6.70. The topological polar surface area (TPSA) is 65.0 Å². The van der Waals surface area contributed by atoms with Crippen molar-refractivity contribution in [2.45, 2.75) is 5.41 Å². The van der Waals surface area contributed by atoms with Gasteiger partial charge in [-0.05, 0) is 104 Å². The van der Waals surface area contributed by atoms with E-state index in [0.717, 1.165) is 93.9 Å². The zero-order valence-electron chi connectivity index (χ0n) is 40.5. The lowest BCUT2D eigenvalue weighted by Crippen LogP contribution is -2.28. The fourth-order valence-corrected chi connectivity index (χ4v) is 11.7. The minimum Gasteiger partial charge on any atom is -0.456 e. The Bertz CT molecular complexity index is 4490. The van der Waals surface area contributed by atoms with Gasteiger partial charge in [-0.3, -0.25) is 0 Å². The van der Waals surface area contributed by atoms with E-state index in [-0.39, 0.29) is 0 Å². The molecule has 1 aliphatic rings. The van der Waals surface area contributed by atoms with E-state index in [1.54, 1.807) is 0 Å². The number of hydrogen-bond donors (Lipinski definition) is 0. The summed E-state index contributed by atoms with van der Waals surface area (Å²) in [5.41, 5.74) is 19.3. The Morgan fingerprint density at radius 3 is 1.43 bits per heavy atom. The lowest BCUT2D eigenvalue weighted by atomic mass is 9.67. The summed E-state index contributed by atoms with van der Waals surface area (Å²) in [6.45, 7) is 0. The van der Waals surface area contributed by atoms with Crippen molar-refractivity contribution in [3.05, 3.63) is 283 Å². The van der Waals surface area contributed by atoms with Crippen molar-refractivity contribution in [3.63, 3.8) is 0 Å². The average molecular weight is 958 g/mol. The van der Waals surface area contributed by atoms with Crippen molar-refractivity contribution in [2.24, 2.45) is 0 Å². The second kappa shape index (κ2) is 17.1. The van der Waals surface area contributed by atoms with Crippen molar-refractivity contribution >= 4 is 43.9 Å². The summed E-state index contributed by atoms with van der Waals surface area (Å²) in [6.07, 6.45) is 0. The van der Waals surface area contributed by atoms with Gasteiger partial charge in [0.25, 0.3) is 0 Å². The molecule has 0 spiro atoms. The Hall–Kier alpha value is -9.97. The molecular weight excluding hydrogens is 915 g/mol. The molecular formula is C70H43N3O2. The van der Waals surface area contributed by atoms with Crippen LogP contribution in [-0.4, -0.2) is 15.0 Å². The van der Waals surface area contributed by atoms with Gasteiger partial charge in [0.2, 0.25) is 0 Å². The predicted octanol–water partition coefficient (Wildman–Crippen LogP) is 18.0. The van der Waals surface area contributed by atoms with E-state index in [0.29, 0.717) is 17.5 Å². The molecule has 350 valence electrons. The van der Waals surface area contributed by atoms with Crippen LogP contribution in [0.5, 0.6) is 0 Å². The normalized spacial score (nSPS) is 12.6. The Kier molecular flexibility index (Phi) is 9.72. The molecule has 75 heavy (non-hydrogen) atoms. The highest BCUT2D eigenvalue weighted by atomic mass is 16.3. The molecule has 15 rings (SSSR count). The van der Waals surface area contributed by atoms with Gasteiger partial charge in [-0.1, -0.05) is 218 Å². The molecule has 0 unspecified atom stereocenters. The quantitative estimate of drug-likeness (QED) is 0.152. The molecule has 3 heterocycles. The minimum atomic E-state index is -0.583. The molecule has 14 aromatic rings. The Labute approximate surface area is 432 Å². The van der Waals surface area contributed by atoms with Crippen LogP contribution in [0.25, 0.3) is 123 Å². The van der Waals surface area contributed by atoms with Gasteiger partial charge in [0.1, 0.15) is 22.3 Å². The molecule has 0 radical (unpaired) electrons. The second-order valence-corrected chi connectivity index (χ2v) is 19.4. The van der Waals surface area contributed by atoms with E-state index in [9.17, 15) is 0 Å². The van der Waals surface area contributed by atoms with Gasteiger partial charge < -0.3 is 8.83 Å². The van der Waals surface area contributed by atoms with Gasteiger partial charge in [-0.15, -0.1) is 0 Å². The average Bonchev–Trinajstić information content (AvgIpc) is 4.26. The lowest BCUT2D eigenvalue weighted by Gasteiger charge is -2.34. The van der Waals surface area contributed by atoms with Crippen molar-refractivity contribution in [2.75, 3.05) is 0 Å². The van der Waals surface area contributed by atoms with Crippen LogP contribution < -0.4 is 0 Å². The molecule has 0 atom stereocenters. The number of hydrogen-bond acceptors (Lipinski definition) is 5. The molecule has 5 nitrogen and oxygen atoms in total. The van der Waals surface area contributed by atoms with Crippen LogP contribution in [0.1, 0.15) is 22.3 Å². The van der Waals surface area contributed by atoms with Gasteiger partial charge in [0.05, 0.1) is 5.41 Å². The first-order chi connectivity index (χ1) is 37.1. The maximum absolute atomic E-state index is 6.70. The standard InChI is InChI=1S/C70H43N3O2/c1-3-16-44(17-4-1)47-37-39-65-60(43-47)58-28-15-27-54(66(58)75-65)49-18-13-19-50(40-49)68-71-67(46-34-32-45(33-35-46)48-36-38-64-59(42-48)57-26-9-12-31-63(57)74-64)72-69(73-68)51-20-14-23-53(41-51)70(52-21-5-2-6-22-52)61-29-10-7-24-55(61)56-25-8-11-30-62(56)70/h1-43H. The molecule has 0 bridgehead atoms. The van der Waals surface area contributed by atoms with Crippen LogP contribution in [0.4, 0.5) is 0 Å². The number of furan rings is 2. The van der Waals surface area contributed by atoms with E-state index in [2.05, 4.69) is 243 Å². The fraction of sp³-hybridized carbons (Fsp3) is 0.0143. The maximum Gasteiger partial charge on any atom is 0.164 e. The SMILES string of the molecule is c1ccc(-c2ccc3oc4c(-c5cccc(-c6nc(-c7ccc(-c8ccc9oc%10ccccc%10c9c8)cc7)nc(-c7cccc(C8(c9ccccc9)c9ccccc9-c9ccccc98)c7)n6)c5)cccc4c3c2)cc1. The van der Waals surface area contributed by atoms with E-state index >= 15 is 0 Å². The van der Waals surface area contributed by atoms with Crippen molar-refractivity contribution < 1.29 is 8.83 Å². The number of aromatic nitrogens is 3. The molecule has 0 saturated carbocycles. The van der Waals surface area contributed by atoms with Crippen LogP contribution >= 0.6 is 0 Å². The van der Waals surface area contributed by atoms with Crippen LogP contribution in [-0.2, 0) is 5.41 Å². The third kappa shape index (κ3) is 6.89. The summed E-state index contributed by atoms with van der Waals surface area (Å²) in [4.78, 5) is 16.0. The smallest absolute Gasteiger partial charge is 0.164 e. The zero-order chi connectivity index (χ0) is 49.5. The van der Waals surface area contributed by atoms with E-state index in [4.69, 9.17) is 23.8 Å². The van der Waals surface area contributed by atoms with Gasteiger partial charge >= 0.3 is 0 Å². The molecule has 1 aliphatic carbocycles. The van der Waals surface area contributed by atoms with Crippen LogP contribution in [0, 0.1) is 0 Å². The molecule has 11 aromatic carbocycles. The monoisotopic (exact) mass is 957 g/mol. The lowest BCUT2D eigenvalue weighted by molar-refractivity contribution is 0.669. The molecule has 5 heteroatoms. The number of fused-ring (bicyclic) bond motifs is 9. The fourth-order valence-electron chi connectivity index (χ4n) is 11.7. The highest BCUT2D eigenvalue weighted by molar-refractivity contribution is 6.11. The Morgan fingerprint density at radius 1 is 0.253 bits per heavy atom. The largest absolute Gasteiger partial charge is 0.456 e. The first kappa shape index (κ1) is 42.7. The van der Waals surface area contributed by atoms with Crippen molar-refractivity contribution in [1.82, 2.24) is 15.0 Å². The third-order valence-corrected chi connectivity index (χ3v) is 15.2. The highest BCUT2D eigenvalue weighted by Gasteiger charge is 2.46. The first-order valence-corrected chi connectivity index (χ1v) is 25.4. The predicted molar refractivity (Wildman–Crippen MR) is 304 cm³/mol. The molecule has 3 aromatic heterocycles. The minimum absolute atomic E-state index is 0.572. The molecule has 0 aliphatic heterocycles. The zero-order valence-corrected chi connectivity index (χ0v) is 40.5. The third-order valence-electron chi connectivity index (χ3n) is 15.2. The summed E-state index contributed by atoms with van der Waals surface area (Å²) in [5, 5.41) is 4.35. The van der Waals surface area contributed by atoms with Gasteiger partial charge in [-0.25, -0.2) is 15.0 Å². The number of benzene rings is 11. The van der Waals surface area contributed by atoms with Crippen LogP contribution in [0.2, 0.25) is 0 Å². The van der Waals surface area contributed by atoms with Crippen molar-refractivity contribution in [3.8, 4) is 78.7 Å². The summed E-state index contributed by atoms with van der Waals surface area (Å²) < 4.78 is 12.9. The number of para-hydroxylation sites is 2. The van der Waals surface area contributed by atoms with E-state index in [1.807, 2.05) is 18.2 Å². The van der Waals surface area contributed by atoms with Crippen LogP contribution in [0.3, 0.4) is 0 Å². The second-order valence-electron chi connectivity index (χ2n) is 19.4. The molecule has 0 saturated heterocycles. The van der Waals surface area contributed by atoms with Gasteiger partial charge in [0, 0.05) is 43.8 Å². The van der Waals surface area contributed by atoms with Crippen LogP contribution in [0.15, 0.2) is 270 Å². The first-order valence-electron chi connectivity index (χ1n) is 25.4. The molecule has 0 amide bonds. The highest BCUT2D eigenvalue weighted by Crippen LogP contribution is 2.56. The van der Waals surface area contributed by atoms with Crippen molar-refractivity contribution in [1.29, 1.82) is 0 Å². The molecule has 0 fully saturated rings. The summed E-state index contributed by atoms with van der Waals surface area (Å²) >= 11 is 0. The van der Waals surface area contributed by atoms with Gasteiger partial charge in [0.15, 0.2) is 17.5 Å². The molecule has 0 N–H and O–H groups in total. The Morgan fingerprint density at radius 2 is 0.707 bits per heavy atom. The van der Waals surface area contributed by atoms with E-state index in [1.165, 1.54) is 33.4 Å². The summed E-state index contributed by atoms with van der Waals surface area (Å²) in [6, 6.07) is 92.3. The summed E-state index contributed by atoms with van der Waals surface area (Å²) in [7, 11) is 0.